The van der Waals surface area contributed by atoms with E-state index in [0.29, 0.717) is 75.8 Å². The van der Waals surface area contributed by atoms with Gasteiger partial charge in [0.1, 0.15) is 11.5 Å². The number of aromatic nitrogens is 3. The fourth-order valence-corrected chi connectivity index (χ4v) is 3.19. The topological polar surface area (TPSA) is 118 Å². The molecule has 2 aromatic rings. The average molecular weight is 415 g/mol. The number of ether oxygens (including phenoxy) is 3. The van der Waals surface area contributed by atoms with Crippen LogP contribution in [0.1, 0.15) is 5.56 Å². The third kappa shape index (κ3) is 4.92. The van der Waals surface area contributed by atoms with Gasteiger partial charge in [-0.15, -0.1) is 5.11 Å². The Balaban J connectivity index is 1.57. The molecule has 1 aromatic heterocycles. The lowest BCUT2D eigenvalue weighted by atomic mass is 10.2. The van der Waals surface area contributed by atoms with Crippen LogP contribution in [0.5, 0.6) is 11.5 Å². The molecule has 11 nitrogen and oxygen atoms in total. The van der Waals surface area contributed by atoms with E-state index in [2.05, 4.69) is 35.0 Å². The Hall–Kier alpha value is -3.05. The van der Waals surface area contributed by atoms with E-state index in [0.717, 1.165) is 0 Å². The number of benzene rings is 1. The molecule has 0 atom stereocenters. The minimum absolute atomic E-state index is 0.133. The van der Waals surface area contributed by atoms with Crippen LogP contribution in [0.3, 0.4) is 0 Å². The van der Waals surface area contributed by atoms with Crippen molar-refractivity contribution in [3.8, 4) is 11.5 Å². The first kappa shape index (κ1) is 20.2. The number of hydrogen-bond acceptors (Lipinski definition) is 11. The number of aromatic hydroxyl groups is 1. The highest BCUT2D eigenvalue weighted by Gasteiger charge is 2.20. The van der Waals surface area contributed by atoms with Crippen LogP contribution in [0.4, 0.5) is 17.8 Å². The van der Waals surface area contributed by atoms with Crippen molar-refractivity contribution in [2.75, 3.05) is 69.5 Å². The van der Waals surface area contributed by atoms with E-state index < -0.39 is 0 Å². The minimum atomic E-state index is 0.133. The number of phenols is 1. The number of methoxy groups -OCH3 is 1. The van der Waals surface area contributed by atoms with Gasteiger partial charge in [0, 0.05) is 31.7 Å². The summed E-state index contributed by atoms with van der Waals surface area (Å²) >= 11 is 0. The standard InChI is InChI=1S/C19H25N7O4/c1-28-15-2-3-16(27)14(12-15)13-20-24-17-21-18(25-4-8-29-9-5-25)23-19(22-17)26-6-10-30-11-7-26/h2-3,12,27H,4-11,13H2,1H3. The molecule has 160 valence electrons. The van der Waals surface area contributed by atoms with E-state index in [9.17, 15) is 5.11 Å². The molecule has 0 aliphatic carbocycles. The summed E-state index contributed by atoms with van der Waals surface area (Å²) in [7, 11) is 1.57. The predicted octanol–water partition coefficient (Wildman–Crippen LogP) is 1.54. The molecule has 4 rings (SSSR count). The lowest BCUT2D eigenvalue weighted by Crippen LogP contribution is -2.39. The highest BCUT2D eigenvalue weighted by Crippen LogP contribution is 2.25. The van der Waals surface area contributed by atoms with E-state index in [1.807, 2.05) is 0 Å². The molecule has 0 spiro atoms. The molecule has 0 amide bonds. The number of anilines is 2. The third-order valence-electron chi connectivity index (χ3n) is 4.88. The van der Waals surface area contributed by atoms with Crippen molar-refractivity contribution in [3.63, 3.8) is 0 Å². The molecule has 0 bridgehead atoms. The summed E-state index contributed by atoms with van der Waals surface area (Å²) < 4.78 is 16.0. The normalized spacial score (nSPS) is 17.5. The Morgan fingerprint density at radius 2 is 1.57 bits per heavy atom. The maximum absolute atomic E-state index is 10.0. The summed E-state index contributed by atoms with van der Waals surface area (Å²) in [5, 5.41) is 18.4. The zero-order valence-corrected chi connectivity index (χ0v) is 16.9. The number of nitrogens with zero attached hydrogens (tertiary/aromatic N) is 7. The first-order chi connectivity index (χ1) is 14.7. The van der Waals surface area contributed by atoms with Crippen molar-refractivity contribution >= 4 is 17.8 Å². The van der Waals surface area contributed by atoms with E-state index >= 15 is 0 Å². The van der Waals surface area contributed by atoms with Gasteiger partial charge < -0.3 is 29.1 Å². The molecule has 2 aliphatic rings. The first-order valence-corrected chi connectivity index (χ1v) is 9.88. The van der Waals surface area contributed by atoms with Gasteiger partial charge in [0.15, 0.2) is 0 Å². The lowest BCUT2D eigenvalue weighted by molar-refractivity contribution is 0.121. The molecule has 3 heterocycles. The van der Waals surface area contributed by atoms with E-state index in [-0.39, 0.29) is 18.2 Å². The van der Waals surface area contributed by atoms with Crippen molar-refractivity contribution in [1.29, 1.82) is 0 Å². The summed E-state index contributed by atoms with van der Waals surface area (Å²) in [6, 6.07) is 4.98. The fourth-order valence-electron chi connectivity index (χ4n) is 3.19. The van der Waals surface area contributed by atoms with Crippen LogP contribution in [0.25, 0.3) is 0 Å². The van der Waals surface area contributed by atoms with E-state index in [4.69, 9.17) is 14.2 Å². The van der Waals surface area contributed by atoms with Gasteiger partial charge in [-0.05, 0) is 18.2 Å². The van der Waals surface area contributed by atoms with Gasteiger partial charge in [-0.1, -0.05) is 0 Å². The van der Waals surface area contributed by atoms with Gasteiger partial charge in [-0.25, -0.2) is 0 Å². The van der Waals surface area contributed by atoms with Gasteiger partial charge in [-0.3, -0.25) is 0 Å². The minimum Gasteiger partial charge on any atom is -0.508 e. The molecule has 1 N–H and O–H groups in total. The largest absolute Gasteiger partial charge is 0.508 e. The zero-order chi connectivity index (χ0) is 20.8. The molecule has 2 fully saturated rings. The number of rotatable bonds is 6. The number of azo groups is 1. The van der Waals surface area contributed by atoms with Gasteiger partial charge in [0.2, 0.25) is 11.9 Å². The number of hydrogen-bond donors (Lipinski definition) is 1. The molecule has 2 saturated heterocycles. The predicted molar refractivity (Wildman–Crippen MR) is 109 cm³/mol. The second-order valence-corrected chi connectivity index (χ2v) is 6.83. The summed E-state index contributed by atoms with van der Waals surface area (Å²) in [5.74, 6) is 2.13. The van der Waals surface area contributed by atoms with Crippen LogP contribution < -0.4 is 14.5 Å². The Kier molecular flexibility index (Phi) is 6.50. The summed E-state index contributed by atoms with van der Waals surface area (Å²) in [6.45, 7) is 5.53. The van der Waals surface area contributed by atoms with Gasteiger partial charge in [0.25, 0.3) is 5.95 Å². The second kappa shape index (κ2) is 9.63. The molecule has 0 unspecified atom stereocenters. The molecule has 0 radical (unpaired) electrons. The SMILES string of the molecule is COc1ccc(O)c(CN=Nc2nc(N3CCOCC3)nc(N3CCOCC3)n2)c1. The summed E-state index contributed by atoms with van der Waals surface area (Å²) in [6.07, 6.45) is 0. The molecule has 2 aliphatic heterocycles. The number of phenolic OH excluding ortho intramolecular Hbond substituents is 1. The van der Waals surface area contributed by atoms with Crippen LogP contribution in [0.15, 0.2) is 28.4 Å². The van der Waals surface area contributed by atoms with Crippen molar-refractivity contribution in [1.82, 2.24) is 15.0 Å². The van der Waals surface area contributed by atoms with E-state index in [1.165, 1.54) is 0 Å². The van der Waals surface area contributed by atoms with Crippen LogP contribution >= 0.6 is 0 Å². The maximum atomic E-state index is 10.0. The van der Waals surface area contributed by atoms with Crippen LogP contribution in [-0.4, -0.2) is 79.8 Å². The Morgan fingerprint density at radius 1 is 0.967 bits per heavy atom. The highest BCUT2D eigenvalue weighted by molar-refractivity contribution is 5.44. The number of morpholine rings is 2. The Bertz CT molecular complexity index is 847. The highest BCUT2D eigenvalue weighted by atomic mass is 16.5. The van der Waals surface area contributed by atoms with E-state index in [1.54, 1.807) is 25.3 Å². The molecule has 0 saturated carbocycles. The van der Waals surface area contributed by atoms with Crippen molar-refractivity contribution in [3.05, 3.63) is 23.8 Å². The fraction of sp³-hybridized carbons (Fsp3) is 0.526. The Morgan fingerprint density at radius 3 is 2.13 bits per heavy atom. The van der Waals surface area contributed by atoms with Crippen molar-refractivity contribution < 1.29 is 19.3 Å². The Labute approximate surface area is 174 Å². The molecule has 30 heavy (non-hydrogen) atoms. The second-order valence-electron chi connectivity index (χ2n) is 6.83. The van der Waals surface area contributed by atoms with Gasteiger partial charge in [0.05, 0.1) is 40.1 Å². The smallest absolute Gasteiger partial charge is 0.275 e. The van der Waals surface area contributed by atoms with Gasteiger partial charge >= 0.3 is 0 Å². The quantitative estimate of drug-likeness (QED) is 0.701. The zero-order valence-electron chi connectivity index (χ0n) is 16.9. The molecular formula is C19H25N7O4. The monoisotopic (exact) mass is 415 g/mol. The first-order valence-electron chi connectivity index (χ1n) is 9.88. The van der Waals surface area contributed by atoms with Crippen LogP contribution in [0, 0.1) is 0 Å². The average Bonchev–Trinajstić information content (AvgIpc) is 2.81. The molecule has 11 heteroatoms. The van der Waals surface area contributed by atoms with Crippen molar-refractivity contribution in [2.24, 2.45) is 10.2 Å². The summed E-state index contributed by atoms with van der Waals surface area (Å²) in [5.41, 5.74) is 0.606. The van der Waals surface area contributed by atoms with Crippen LogP contribution in [0.2, 0.25) is 0 Å². The van der Waals surface area contributed by atoms with Crippen LogP contribution in [-0.2, 0) is 16.0 Å². The van der Waals surface area contributed by atoms with Crippen molar-refractivity contribution in [2.45, 2.75) is 6.54 Å². The molecule has 1 aromatic carbocycles. The lowest BCUT2D eigenvalue weighted by Gasteiger charge is -2.29. The third-order valence-corrected chi connectivity index (χ3v) is 4.88. The maximum Gasteiger partial charge on any atom is 0.275 e. The summed E-state index contributed by atoms with van der Waals surface area (Å²) in [4.78, 5) is 17.7. The molecular weight excluding hydrogens is 390 g/mol. The van der Waals surface area contributed by atoms with Gasteiger partial charge in [-0.2, -0.15) is 20.1 Å².